The summed E-state index contributed by atoms with van der Waals surface area (Å²) in [5, 5.41) is 2.99. The fraction of sp³-hybridized carbons (Fsp3) is 0.333. The lowest BCUT2D eigenvalue weighted by molar-refractivity contribution is 0.0938. The van der Waals surface area contributed by atoms with E-state index in [9.17, 15) is 13.2 Å². The van der Waals surface area contributed by atoms with E-state index in [0.29, 0.717) is 18.9 Å². The smallest absolute Gasteiger partial charge is 0.251 e. The summed E-state index contributed by atoms with van der Waals surface area (Å²) in [6, 6.07) is 13.7. The third-order valence-electron chi connectivity index (χ3n) is 5.87. The fourth-order valence-corrected chi connectivity index (χ4v) is 6.11. The van der Waals surface area contributed by atoms with Crippen molar-refractivity contribution in [1.29, 1.82) is 0 Å². The second kappa shape index (κ2) is 9.67. The highest BCUT2D eigenvalue weighted by atomic mass is 35.5. The predicted octanol–water partition coefficient (Wildman–Crippen LogP) is 4.64. The zero-order valence-electron chi connectivity index (χ0n) is 18.6. The van der Waals surface area contributed by atoms with Gasteiger partial charge >= 0.3 is 0 Å². The van der Waals surface area contributed by atoms with Crippen LogP contribution in [0.3, 0.4) is 0 Å². The minimum Gasteiger partial charge on any atom is -0.342 e. The van der Waals surface area contributed by atoms with Gasteiger partial charge < -0.3 is 10.3 Å². The number of aromatic nitrogens is 2. The van der Waals surface area contributed by atoms with E-state index < -0.39 is 22.0 Å². The summed E-state index contributed by atoms with van der Waals surface area (Å²) in [5.74, 6) is 0.486. The zero-order chi connectivity index (χ0) is 23.6. The summed E-state index contributed by atoms with van der Waals surface area (Å²) in [6.07, 6.45) is 3.53. The van der Waals surface area contributed by atoms with E-state index in [1.165, 1.54) is 22.5 Å². The Morgan fingerprint density at radius 1 is 1.24 bits per heavy atom. The molecule has 3 aromatic rings. The fourth-order valence-electron chi connectivity index (χ4n) is 4.02. The average molecular weight is 487 g/mol. The van der Waals surface area contributed by atoms with Gasteiger partial charge in [0.15, 0.2) is 0 Å². The Bertz CT molecular complexity index is 1240. The second-order valence-electron chi connectivity index (χ2n) is 8.50. The quantitative estimate of drug-likeness (QED) is 0.530. The Morgan fingerprint density at radius 2 is 2.00 bits per heavy atom. The molecule has 0 spiro atoms. The summed E-state index contributed by atoms with van der Waals surface area (Å²) in [4.78, 5) is 20.5. The largest absolute Gasteiger partial charge is 0.342 e. The van der Waals surface area contributed by atoms with E-state index >= 15 is 0 Å². The van der Waals surface area contributed by atoms with Crippen LogP contribution in [0.1, 0.15) is 48.9 Å². The number of carbonyl (C=O) groups is 1. The van der Waals surface area contributed by atoms with Crippen LogP contribution in [0.15, 0.2) is 59.6 Å². The molecule has 2 N–H and O–H groups in total. The number of nitrogens with one attached hydrogen (secondary N) is 2. The molecule has 2 aromatic carbocycles. The number of halogens is 1. The van der Waals surface area contributed by atoms with Crippen molar-refractivity contribution in [1.82, 2.24) is 19.6 Å². The van der Waals surface area contributed by atoms with E-state index in [-0.39, 0.29) is 21.4 Å². The van der Waals surface area contributed by atoms with Crippen molar-refractivity contribution in [2.45, 2.75) is 37.6 Å². The van der Waals surface area contributed by atoms with Crippen LogP contribution in [0.25, 0.3) is 11.3 Å². The van der Waals surface area contributed by atoms with Crippen LogP contribution in [0, 0.1) is 5.92 Å². The molecule has 2 heterocycles. The lowest BCUT2D eigenvalue weighted by Crippen LogP contribution is -2.39. The molecule has 1 aliphatic rings. The molecule has 1 amide bonds. The van der Waals surface area contributed by atoms with Crippen molar-refractivity contribution in [2.75, 3.05) is 13.1 Å². The number of piperidine rings is 1. The molecule has 7 nitrogen and oxygen atoms in total. The van der Waals surface area contributed by atoms with Gasteiger partial charge in [0.05, 0.1) is 23.0 Å². The van der Waals surface area contributed by atoms with Crippen LogP contribution in [-0.4, -0.2) is 41.7 Å². The average Bonchev–Trinajstić information content (AvgIpc) is 3.30. The molecule has 1 fully saturated rings. The zero-order valence-corrected chi connectivity index (χ0v) is 20.2. The first-order valence-corrected chi connectivity index (χ1v) is 12.8. The molecule has 0 radical (unpaired) electrons. The molecule has 0 saturated carbocycles. The van der Waals surface area contributed by atoms with E-state index in [1.807, 2.05) is 44.2 Å². The van der Waals surface area contributed by atoms with Gasteiger partial charge in [-0.3, -0.25) is 4.79 Å². The first-order chi connectivity index (χ1) is 15.8. The molecule has 1 aliphatic heterocycles. The number of hydrogen-bond acceptors (Lipinski definition) is 4. The summed E-state index contributed by atoms with van der Waals surface area (Å²) in [5.41, 5.74) is 2.07. The van der Waals surface area contributed by atoms with E-state index in [4.69, 9.17) is 11.6 Å². The second-order valence-corrected chi connectivity index (χ2v) is 10.8. The minimum absolute atomic E-state index is 0.0390. The standard InChI is InChI=1S/C24H27ClN4O3S/c1-16-7-6-12-29(15-16)33(31,32)22-13-19(10-11-20(22)25)24(30)27-17(2)23-26-14-21(28-23)18-8-4-3-5-9-18/h3-5,8-11,13-14,16-17H,6-7,12,15H2,1-2H3,(H,26,28)(H,27,30). The van der Waals surface area contributed by atoms with Crippen LogP contribution in [-0.2, 0) is 10.0 Å². The number of aromatic amines is 1. The molecule has 2 unspecified atom stereocenters. The van der Waals surface area contributed by atoms with Gasteiger partial charge in [0, 0.05) is 18.7 Å². The number of sulfonamides is 1. The lowest BCUT2D eigenvalue weighted by atomic mass is 10.0. The van der Waals surface area contributed by atoms with Crippen LogP contribution < -0.4 is 5.32 Å². The maximum atomic E-state index is 13.2. The van der Waals surface area contributed by atoms with Gasteiger partial charge in [0.25, 0.3) is 5.91 Å². The number of hydrogen-bond donors (Lipinski definition) is 2. The predicted molar refractivity (Wildman–Crippen MR) is 129 cm³/mol. The first kappa shape index (κ1) is 23.5. The summed E-state index contributed by atoms with van der Waals surface area (Å²) in [6.45, 7) is 4.76. The number of rotatable bonds is 6. The van der Waals surface area contributed by atoms with E-state index in [2.05, 4.69) is 15.3 Å². The highest BCUT2D eigenvalue weighted by Gasteiger charge is 2.31. The van der Waals surface area contributed by atoms with Gasteiger partial charge in [-0.05, 0) is 49.4 Å². The normalized spacial score (nSPS) is 18.1. The van der Waals surface area contributed by atoms with Crippen molar-refractivity contribution in [3.8, 4) is 11.3 Å². The molecule has 174 valence electrons. The summed E-state index contributed by atoms with van der Waals surface area (Å²) in [7, 11) is -3.79. The topological polar surface area (TPSA) is 95.2 Å². The van der Waals surface area contributed by atoms with Gasteiger partial charge in [-0.1, -0.05) is 48.9 Å². The Hall–Kier alpha value is -2.68. The number of nitrogens with zero attached hydrogens (tertiary/aromatic N) is 2. The monoisotopic (exact) mass is 486 g/mol. The number of amides is 1. The summed E-state index contributed by atoms with van der Waals surface area (Å²) >= 11 is 6.25. The van der Waals surface area contributed by atoms with Crippen molar-refractivity contribution < 1.29 is 13.2 Å². The molecule has 1 saturated heterocycles. The van der Waals surface area contributed by atoms with Gasteiger partial charge in [-0.25, -0.2) is 13.4 Å². The van der Waals surface area contributed by atoms with Crippen LogP contribution >= 0.6 is 11.6 Å². The molecule has 4 rings (SSSR count). The van der Waals surface area contributed by atoms with Gasteiger partial charge in [-0.2, -0.15) is 4.31 Å². The number of carbonyl (C=O) groups excluding carboxylic acids is 1. The van der Waals surface area contributed by atoms with Crippen molar-refractivity contribution in [3.63, 3.8) is 0 Å². The minimum atomic E-state index is -3.79. The highest BCUT2D eigenvalue weighted by Crippen LogP contribution is 2.29. The van der Waals surface area contributed by atoms with E-state index in [0.717, 1.165) is 24.1 Å². The van der Waals surface area contributed by atoms with Crippen LogP contribution in [0.2, 0.25) is 5.02 Å². The maximum absolute atomic E-state index is 13.2. The lowest BCUT2D eigenvalue weighted by Gasteiger charge is -2.30. The Kier molecular flexibility index (Phi) is 6.88. The number of imidazole rings is 1. The van der Waals surface area contributed by atoms with Crippen molar-refractivity contribution >= 4 is 27.5 Å². The Balaban J connectivity index is 1.52. The third kappa shape index (κ3) is 5.13. The van der Waals surface area contributed by atoms with Crippen LogP contribution in [0.4, 0.5) is 0 Å². The molecular weight excluding hydrogens is 460 g/mol. The summed E-state index contributed by atoms with van der Waals surface area (Å²) < 4.78 is 27.9. The molecule has 0 bridgehead atoms. The van der Waals surface area contributed by atoms with Crippen molar-refractivity contribution in [3.05, 3.63) is 71.1 Å². The maximum Gasteiger partial charge on any atom is 0.251 e. The molecule has 0 aliphatic carbocycles. The number of benzene rings is 2. The van der Waals surface area contributed by atoms with Gasteiger partial charge in [0.2, 0.25) is 10.0 Å². The highest BCUT2D eigenvalue weighted by molar-refractivity contribution is 7.89. The van der Waals surface area contributed by atoms with Gasteiger partial charge in [-0.15, -0.1) is 0 Å². The van der Waals surface area contributed by atoms with Crippen molar-refractivity contribution in [2.24, 2.45) is 5.92 Å². The SMILES string of the molecule is CC1CCCN(S(=O)(=O)c2cc(C(=O)NC(C)c3ncc(-c4ccccc4)[nH]3)ccc2Cl)C1. The number of H-pyrrole nitrogens is 1. The Labute approximate surface area is 199 Å². The van der Waals surface area contributed by atoms with Gasteiger partial charge in [0.1, 0.15) is 10.7 Å². The molecule has 33 heavy (non-hydrogen) atoms. The molecular formula is C24H27ClN4O3S. The first-order valence-electron chi connectivity index (χ1n) is 11.0. The molecule has 9 heteroatoms. The van der Waals surface area contributed by atoms with Crippen LogP contribution in [0.5, 0.6) is 0 Å². The van der Waals surface area contributed by atoms with E-state index in [1.54, 1.807) is 6.20 Å². The third-order valence-corrected chi connectivity index (χ3v) is 8.22. The Morgan fingerprint density at radius 3 is 2.73 bits per heavy atom. The molecule has 1 aromatic heterocycles. The molecule has 2 atom stereocenters.